The van der Waals surface area contributed by atoms with Crippen molar-refractivity contribution in [3.05, 3.63) is 16.6 Å². The van der Waals surface area contributed by atoms with Gasteiger partial charge in [0.25, 0.3) is 5.56 Å². The van der Waals surface area contributed by atoms with Gasteiger partial charge in [-0.05, 0) is 53.0 Å². The molecule has 1 saturated heterocycles. The van der Waals surface area contributed by atoms with Gasteiger partial charge < -0.3 is 5.32 Å². The maximum Gasteiger partial charge on any atom is 0.263 e. The molecule has 25 heavy (non-hydrogen) atoms. The maximum atomic E-state index is 12.3. The molecule has 7 heteroatoms. The van der Waals surface area contributed by atoms with Crippen LogP contribution in [0.2, 0.25) is 0 Å². The second kappa shape index (κ2) is 6.78. The Labute approximate surface area is 148 Å². The second-order valence-corrected chi connectivity index (χ2v) is 8.35. The molecule has 3 rings (SSSR count). The summed E-state index contributed by atoms with van der Waals surface area (Å²) in [4.78, 5) is 22.3. The summed E-state index contributed by atoms with van der Waals surface area (Å²) in [5.74, 6) is 1.27. The Hall–Kier alpha value is -1.89. The third-order valence-electron chi connectivity index (χ3n) is 4.95. The van der Waals surface area contributed by atoms with Crippen molar-refractivity contribution in [3.8, 4) is 0 Å². The SMILES string of the molecule is CC1CCCN(C(C)CNc2nc3c(cnn3C(C)(C)C)c(=O)[nH]2)C1. The molecule has 0 radical (unpaired) electrons. The highest BCUT2D eigenvalue weighted by atomic mass is 16.1. The van der Waals surface area contributed by atoms with Crippen molar-refractivity contribution in [2.24, 2.45) is 5.92 Å². The lowest BCUT2D eigenvalue weighted by Gasteiger charge is -2.35. The number of nitrogens with one attached hydrogen (secondary N) is 2. The number of anilines is 1. The molecule has 2 N–H and O–H groups in total. The predicted octanol–water partition coefficient (Wildman–Crippen LogP) is 2.41. The molecule has 7 nitrogen and oxygen atoms in total. The molecule has 2 aromatic heterocycles. The van der Waals surface area contributed by atoms with E-state index in [1.807, 2.05) is 0 Å². The Kier molecular flexibility index (Phi) is 4.86. The van der Waals surface area contributed by atoms with Gasteiger partial charge in [0.1, 0.15) is 5.39 Å². The summed E-state index contributed by atoms with van der Waals surface area (Å²) >= 11 is 0. The van der Waals surface area contributed by atoms with Crippen molar-refractivity contribution < 1.29 is 0 Å². The van der Waals surface area contributed by atoms with Crippen LogP contribution in [0.5, 0.6) is 0 Å². The number of aromatic amines is 1. The fraction of sp³-hybridized carbons (Fsp3) is 0.722. The van der Waals surface area contributed by atoms with Gasteiger partial charge in [-0.1, -0.05) is 6.92 Å². The average molecular weight is 346 g/mol. The molecule has 2 atom stereocenters. The molecular weight excluding hydrogens is 316 g/mol. The first-order chi connectivity index (χ1) is 11.8. The van der Waals surface area contributed by atoms with E-state index in [4.69, 9.17) is 0 Å². The van der Waals surface area contributed by atoms with Crippen LogP contribution in [-0.2, 0) is 5.54 Å². The lowest BCUT2D eigenvalue weighted by molar-refractivity contribution is 0.144. The standard InChI is InChI=1S/C18H30N6O/c1-12-7-6-8-23(11-12)13(2)9-19-17-21-15-14(16(25)22-17)10-20-24(15)18(3,4)5/h10,12-13H,6-9,11H2,1-5H3,(H2,19,21,22,25). The molecule has 138 valence electrons. The van der Waals surface area contributed by atoms with Crippen molar-refractivity contribution in [3.63, 3.8) is 0 Å². The zero-order valence-corrected chi connectivity index (χ0v) is 16.0. The van der Waals surface area contributed by atoms with Crippen LogP contribution >= 0.6 is 0 Å². The molecule has 1 fully saturated rings. The van der Waals surface area contributed by atoms with Crippen LogP contribution in [0.3, 0.4) is 0 Å². The van der Waals surface area contributed by atoms with E-state index in [-0.39, 0.29) is 11.1 Å². The minimum absolute atomic E-state index is 0.151. The topological polar surface area (TPSA) is 78.8 Å². The monoisotopic (exact) mass is 346 g/mol. The summed E-state index contributed by atoms with van der Waals surface area (Å²) in [7, 11) is 0. The number of piperidine rings is 1. The van der Waals surface area contributed by atoms with E-state index in [1.165, 1.54) is 12.8 Å². The van der Waals surface area contributed by atoms with Gasteiger partial charge in [-0.15, -0.1) is 0 Å². The van der Waals surface area contributed by atoms with Crippen molar-refractivity contribution >= 4 is 17.0 Å². The van der Waals surface area contributed by atoms with Crippen LogP contribution in [0.1, 0.15) is 47.5 Å². The van der Waals surface area contributed by atoms with Gasteiger partial charge in [0.2, 0.25) is 5.95 Å². The number of fused-ring (bicyclic) bond motifs is 1. The Morgan fingerprint density at radius 1 is 1.44 bits per heavy atom. The Bertz CT molecular complexity index is 787. The number of H-pyrrole nitrogens is 1. The predicted molar refractivity (Wildman–Crippen MR) is 101 cm³/mol. The van der Waals surface area contributed by atoms with E-state index in [0.29, 0.717) is 23.0 Å². The van der Waals surface area contributed by atoms with E-state index < -0.39 is 0 Å². The summed E-state index contributed by atoms with van der Waals surface area (Å²) in [5, 5.41) is 8.18. The van der Waals surface area contributed by atoms with E-state index in [9.17, 15) is 4.79 Å². The molecule has 2 unspecified atom stereocenters. The molecule has 0 saturated carbocycles. The van der Waals surface area contributed by atoms with Crippen molar-refractivity contribution in [2.45, 2.75) is 59.0 Å². The highest BCUT2D eigenvalue weighted by molar-refractivity contribution is 5.74. The molecular formula is C18H30N6O. The Morgan fingerprint density at radius 2 is 2.20 bits per heavy atom. The van der Waals surface area contributed by atoms with E-state index >= 15 is 0 Å². The Balaban J connectivity index is 1.76. The number of aromatic nitrogens is 4. The highest BCUT2D eigenvalue weighted by Crippen LogP contribution is 2.20. The molecule has 3 heterocycles. The van der Waals surface area contributed by atoms with Gasteiger partial charge in [-0.3, -0.25) is 14.7 Å². The van der Waals surface area contributed by atoms with Gasteiger partial charge in [0.05, 0.1) is 11.7 Å². The number of rotatable bonds is 4. The van der Waals surface area contributed by atoms with Crippen molar-refractivity contribution in [1.82, 2.24) is 24.6 Å². The second-order valence-electron chi connectivity index (χ2n) is 8.35. The van der Waals surface area contributed by atoms with E-state index in [2.05, 4.69) is 59.9 Å². The molecule has 2 aromatic rings. The van der Waals surface area contributed by atoms with E-state index in [0.717, 1.165) is 25.6 Å². The number of hydrogen-bond donors (Lipinski definition) is 2. The van der Waals surface area contributed by atoms with Crippen LogP contribution < -0.4 is 10.9 Å². The first kappa shape index (κ1) is 17.9. The molecule has 0 aromatic carbocycles. The molecule has 0 bridgehead atoms. The fourth-order valence-corrected chi connectivity index (χ4v) is 3.49. The van der Waals surface area contributed by atoms with Crippen LogP contribution in [0.4, 0.5) is 5.95 Å². The lowest BCUT2D eigenvalue weighted by atomic mass is 9.99. The first-order valence-corrected chi connectivity index (χ1v) is 9.22. The zero-order chi connectivity index (χ0) is 18.2. The quantitative estimate of drug-likeness (QED) is 0.889. The molecule has 1 aliphatic heterocycles. The summed E-state index contributed by atoms with van der Waals surface area (Å²) < 4.78 is 1.80. The molecule has 0 aliphatic carbocycles. The minimum Gasteiger partial charge on any atom is -0.354 e. The number of likely N-dealkylation sites (tertiary alicyclic amines) is 1. The largest absolute Gasteiger partial charge is 0.354 e. The fourth-order valence-electron chi connectivity index (χ4n) is 3.49. The smallest absolute Gasteiger partial charge is 0.263 e. The van der Waals surface area contributed by atoms with Crippen LogP contribution in [-0.4, -0.2) is 50.3 Å². The van der Waals surface area contributed by atoms with Gasteiger partial charge in [-0.25, -0.2) is 4.68 Å². The summed E-state index contributed by atoms with van der Waals surface area (Å²) in [5.41, 5.74) is 0.247. The maximum absolute atomic E-state index is 12.3. The minimum atomic E-state index is -0.225. The first-order valence-electron chi connectivity index (χ1n) is 9.22. The van der Waals surface area contributed by atoms with Gasteiger partial charge in [0, 0.05) is 19.1 Å². The van der Waals surface area contributed by atoms with Crippen LogP contribution in [0, 0.1) is 5.92 Å². The lowest BCUT2D eigenvalue weighted by Crippen LogP contribution is -2.43. The average Bonchev–Trinajstić information content (AvgIpc) is 2.97. The normalized spacial score (nSPS) is 20.8. The van der Waals surface area contributed by atoms with Crippen molar-refractivity contribution in [2.75, 3.05) is 25.0 Å². The summed E-state index contributed by atoms with van der Waals surface area (Å²) in [6, 6.07) is 0.399. The third-order valence-corrected chi connectivity index (χ3v) is 4.95. The van der Waals surface area contributed by atoms with E-state index in [1.54, 1.807) is 10.9 Å². The molecule has 0 spiro atoms. The van der Waals surface area contributed by atoms with Crippen LogP contribution in [0.15, 0.2) is 11.0 Å². The van der Waals surface area contributed by atoms with Gasteiger partial charge >= 0.3 is 0 Å². The number of nitrogens with zero attached hydrogens (tertiary/aromatic N) is 4. The van der Waals surface area contributed by atoms with Gasteiger partial charge in [-0.2, -0.15) is 10.1 Å². The Morgan fingerprint density at radius 3 is 2.88 bits per heavy atom. The third kappa shape index (κ3) is 3.86. The molecule has 0 amide bonds. The van der Waals surface area contributed by atoms with Crippen LogP contribution in [0.25, 0.3) is 11.0 Å². The zero-order valence-electron chi connectivity index (χ0n) is 16.0. The van der Waals surface area contributed by atoms with Gasteiger partial charge in [0.15, 0.2) is 5.65 Å². The summed E-state index contributed by atoms with van der Waals surface area (Å²) in [6.45, 7) is 13.7. The number of hydrogen-bond acceptors (Lipinski definition) is 5. The highest BCUT2D eigenvalue weighted by Gasteiger charge is 2.22. The summed E-state index contributed by atoms with van der Waals surface area (Å²) in [6.07, 6.45) is 4.17. The van der Waals surface area contributed by atoms with Crippen molar-refractivity contribution in [1.29, 1.82) is 0 Å². The molecule has 1 aliphatic rings.